The number of anilines is 2. The standard InChI is InChI=1S/C33H36N6O3/c1-4-23-18-28(21(2)40)39(25-8-5-6-9-25)33(23)37-22(3)36-30-13-12-24(20-35-30)26-10-7-11-27-29(41)19-31(42-32(26)27)38-16-14-34-15-17-38/h4,7,10-13,18-20,25,34H,3,5-6,8-9,14-17H2,1-2H3,(H,35,36)/b23-4-,37-33+. The van der Waals surface area contributed by atoms with Crippen LogP contribution in [0.15, 0.2) is 92.6 Å². The molecule has 6 rings (SSSR count). The van der Waals surface area contributed by atoms with Gasteiger partial charge in [-0.2, -0.15) is 0 Å². The van der Waals surface area contributed by atoms with Gasteiger partial charge in [-0.15, -0.1) is 0 Å². The van der Waals surface area contributed by atoms with E-state index in [1.807, 2.05) is 43.3 Å². The van der Waals surface area contributed by atoms with Gasteiger partial charge in [0.2, 0.25) is 0 Å². The number of piperazine rings is 1. The summed E-state index contributed by atoms with van der Waals surface area (Å²) in [5, 5.41) is 7.07. The summed E-state index contributed by atoms with van der Waals surface area (Å²) in [5.41, 5.74) is 3.73. The molecular weight excluding hydrogens is 528 g/mol. The lowest BCUT2D eigenvalue weighted by atomic mass is 10.0. The van der Waals surface area contributed by atoms with E-state index >= 15 is 0 Å². The van der Waals surface area contributed by atoms with Crippen LogP contribution in [0.25, 0.3) is 22.1 Å². The number of allylic oxidation sites excluding steroid dienone is 2. The number of nitrogens with one attached hydrogen (secondary N) is 2. The van der Waals surface area contributed by atoms with Gasteiger partial charge in [0.1, 0.15) is 23.1 Å². The quantitative estimate of drug-likeness (QED) is 0.403. The van der Waals surface area contributed by atoms with Crippen LogP contribution < -0.4 is 21.0 Å². The van der Waals surface area contributed by atoms with Gasteiger partial charge in [0.05, 0.1) is 11.1 Å². The molecule has 1 aliphatic carbocycles. The minimum Gasteiger partial charge on any atom is -0.440 e. The van der Waals surface area contributed by atoms with Crippen LogP contribution in [0, 0.1) is 0 Å². The molecule has 1 aromatic carbocycles. The Balaban J connectivity index is 1.25. The van der Waals surface area contributed by atoms with Crippen molar-refractivity contribution in [2.75, 3.05) is 36.4 Å². The van der Waals surface area contributed by atoms with Crippen molar-refractivity contribution >= 4 is 34.3 Å². The molecule has 216 valence electrons. The monoisotopic (exact) mass is 564 g/mol. The third-order valence-corrected chi connectivity index (χ3v) is 8.16. The number of benzene rings is 1. The summed E-state index contributed by atoms with van der Waals surface area (Å²) in [5.74, 6) is 2.39. The summed E-state index contributed by atoms with van der Waals surface area (Å²) in [6.07, 6.45) is 10.0. The first kappa shape index (κ1) is 27.7. The minimum atomic E-state index is -0.0604. The fraction of sp³-hybridized carbons (Fsp3) is 0.333. The number of amidine groups is 1. The highest BCUT2D eigenvalue weighted by atomic mass is 16.4. The molecule has 3 aromatic rings. The molecular formula is C33H36N6O3. The summed E-state index contributed by atoms with van der Waals surface area (Å²) in [6, 6.07) is 11.2. The molecule has 0 unspecified atom stereocenters. The SMILES string of the molecule is C=C(/N=C1\C(=C/C)C=C(C(C)=O)N1C1CCCC1)Nc1ccc(-c2cccc3c(=O)cc(N4CCNCC4)oc23)cn1. The van der Waals surface area contributed by atoms with Crippen LogP contribution in [0.3, 0.4) is 0 Å². The highest BCUT2D eigenvalue weighted by Crippen LogP contribution is 2.34. The molecule has 9 nitrogen and oxygen atoms in total. The lowest BCUT2D eigenvalue weighted by molar-refractivity contribution is -0.114. The van der Waals surface area contributed by atoms with Crippen molar-refractivity contribution in [3.05, 3.63) is 88.6 Å². The summed E-state index contributed by atoms with van der Waals surface area (Å²) in [6.45, 7) is 11.0. The molecule has 0 radical (unpaired) electrons. The van der Waals surface area contributed by atoms with E-state index in [0.29, 0.717) is 34.2 Å². The molecule has 9 heteroatoms. The fourth-order valence-corrected chi connectivity index (χ4v) is 6.03. The number of carbonyl (C=O) groups is 1. The fourth-order valence-electron chi connectivity index (χ4n) is 6.03. The Morgan fingerprint density at radius 2 is 1.98 bits per heavy atom. The summed E-state index contributed by atoms with van der Waals surface area (Å²) < 4.78 is 6.32. The van der Waals surface area contributed by atoms with Gasteiger partial charge in [-0.05, 0) is 44.0 Å². The summed E-state index contributed by atoms with van der Waals surface area (Å²) >= 11 is 0. The van der Waals surface area contributed by atoms with Crippen LogP contribution in [0.1, 0.15) is 39.5 Å². The molecule has 2 aromatic heterocycles. The summed E-state index contributed by atoms with van der Waals surface area (Å²) in [4.78, 5) is 39.1. The lowest BCUT2D eigenvalue weighted by Gasteiger charge is -2.28. The maximum atomic E-state index is 13.0. The number of hydrogen-bond donors (Lipinski definition) is 2. The number of pyridine rings is 1. The first-order chi connectivity index (χ1) is 20.4. The molecule has 0 atom stereocenters. The molecule has 2 aliphatic heterocycles. The molecule has 1 saturated heterocycles. The molecule has 42 heavy (non-hydrogen) atoms. The van der Waals surface area contributed by atoms with E-state index < -0.39 is 0 Å². The number of hydrogen-bond acceptors (Lipinski definition) is 8. The van der Waals surface area contributed by atoms with E-state index in [4.69, 9.17) is 9.41 Å². The first-order valence-corrected chi connectivity index (χ1v) is 14.6. The molecule has 2 fully saturated rings. The van der Waals surface area contributed by atoms with E-state index in [0.717, 1.165) is 74.4 Å². The van der Waals surface area contributed by atoms with Gasteiger partial charge in [0.15, 0.2) is 17.1 Å². The van der Waals surface area contributed by atoms with Gasteiger partial charge in [-0.1, -0.05) is 37.6 Å². The van der Waals surface area contributed by atoms with Crippen molar-refractivity contribution in [2.24, 2.45) is 4.99 Å². The average molecular weight is 565 g/mol. The van der Waals surface area contributed by atoms with Crippen molar-refractivity contribution in [1.82, 2.24) is 15.2 Å². The third-order valence-electron chi connectivity index (χ3n) is 8.16. The van der Waals surface area contributed by atoms with Gasteiger partial charge in [-0.25, -0.2) is 9.98 Å². The normalized spacial score (nSPS) is 19.6. The highest BCUT2D eigenvalue weighted by molar-refractivity contribution is 6.12. The maximum absolute atomic E-state index is 13.0. The number of carbonyl (C=O) groups excluding carboxylic acids is 1. The van der Waals surface area contributed by atoms with E-state index in [1.54, 1.807) is 25.3 Å². The van der Waals surface area contributed by atoms with E-state index in [-0.39, 0.29) is 17.3 Å². The maximum Gasteiger partial charge on any atom is 0.200 e. The van der Waals surface area contributed by atoms with Crippen molar-refractivity contribution in [2.45, 2.75) is 45.6 Å². The smallest absolute Gasteiger partial charge is 0.200 e. The largest absolute Gasteiger partial charge is 0.440 e. The second kappa shape index (κ2) is 11.8. The molecule has 0 spiro atoms. The van der Waals surface area contributed by atoms with Crippen molar-refractivity contribution in [3.8, 4) is 11.1 Å². The van der Waals surface area contributed by atoms with E-state index in [2.05, 4.69) is 32.0 Å². The van der Waals surface area contributed by atoms with Crippen molar-refractivity contribution in [3.63, 3.8) is 0 Å². The van der Waals surface area contributed by atoms with Crippen LogP contribution in [0.5, 0.6) is 0 Å². The molecule has 0 bridgehead atoms. The Morgan fingerprint density at radius 1 is 1.19 bits per heavy atom. The Labute approximate surface area is 245 Å². The number of para-hydroxylation sites is 1. The van der Waals surface area contributed by atoms with Gasteiger partial charge in [-0.3, -0.25) is 9.59 Å². The Hall–Kier alpha value is -4.50. The van der Waals surface area contributed by atoms with Crippen molar-refractivity contribution < 1.29 is 9.21 Å². The number of Topliss-reactive ketones (excluding diaryl/α,β-unsaturated/α-hetero) is 1. The van der Waals surface area contributed by atoms with E-state index in [9.17, 15) is 9.59 Å². The summed E-state index contributed by atoms with van der Waals surface area (Å²) in [7, 11) is 0. The van der Waals surface area contributed by atoms with Crippen LogP contribution in [0.2, 0.25) is 0 Å². The first-order valence-electron chi connectivity index (χ1n) is 14.6. The third kappa shape index (κ3) is 5.39. The number of aromatic nitrogens is 1. The number of nitrogens with zero attached hydrogens (tertiary/aromatic N) is 4. The van der Waals surface area contributed by atoms with Gasteiger partial charge < -0.3 is 24.9 Å². The zero-order chi connectivity index (χ0) is 29.2. The molecule has 2 N–H and O–H groups in total. The molecule has 3 aliphatic rings. The molecule has 0 amide bonds. The number of fused-ring (bicyclic) bond motifs is 1. The van der Waals surface area contributed by atoms with Gasteiger partial charge in [0.25, 0.3) is 0 Å². The average Bonchev–Trinajstić information content (AvgIpc) is 3.66. The Morgan fingerprint density at radius 3 is 2.67 bits per heavy atom. The second-order valence-corrected chi connectivity index (χ2v) is 10.9. The second-order valence-electron chi connectivity index (χ2n) is 10.9. The predicted molar refractivity (Wildman–Crippen MR) is 168 cm³/mol. The van der Waals surface area contributed by atoms with Crippen molar-refractivity contribution in [1.29, 1.82) is 0 Å². The lowest BCUT2D eigenvalue weighted by Crippen LogP contribution is -2.43. The number of ketones is 1. The van der Waals surface area contributed by atoms with Gasteiger partial charge in [0, 0.05) is 68.1 Å². The van der Waals surface area contributed by atoms with Crippen LogP contribution in [-0.2, 0) is 4.79 Å². The van der Waals surface area contributed by atoms with Crippen LogP contribution >= 0.6 is 0 Å². The van der Waals surface area contributed by atoms with E-state index in [1.165, 1.54) is 0 Å². The minimum absolute atomic E-state index is 0.0339. The topological polar surface area (TPSA) is 103 Å². The van der Waals surface area contributed by atoms with Gasteiger partial charge >= 0.3 is 0 Å². The zero-order valence-electron chi connectivity index (χ0n) is 24.2. The molecule has 4 heterocycles. The predicted octanol–water partition coefficient (Wildman–Crippen LogP) is 5.22. The van der Waals surface area contributed by atoms with Crippen LogP contribution in [-0.4, -0.2) is 53.7 Å². The Bertz CT molecular complexity index is 1670. The molecule has 1 saturated carbocycles. The van der Waals surface area contributed by atoms with Crippen LogP contribution in [0.4, 0.5) is 11.7 Å². The highest BCUT2D eigenvalue weighted by Gasteiger charge is 2.35. The number of aliphatic imine (C=N–C) groups is 1. The Kier molecular flexibility index (Phi) is 7.75. The number of rotatable bonds is 7. The zero-order valence-corrected chi connectivity index (χ0v) is 24.2.